The summed E-state index contributed by atoms with van der Waals surface area (Å²) in [6.07, 6.45) is 1.91. The topological polar surface area (TPSA) is 46.6 Å². The fourth-order valence-corrected chi connectivity index (χ4v) is 3.71. The van der Waals surface area contributed by atoms with Crippen molar-refractivity contribution in [3.8, 4) is 0 Å². The first-order valence-corrected chi connectivity index (χ1v) is 7.86. The van der Waals surface area contributed by atoms with E-state index in [4.69, 9.17) is 4.74 Å². The number of hydrogen-bond acceptors (Lipinski definition) is 3. The Morgan fingerprint density at radius 3 is 2.47 bits per heavy atom. The van der Waals surface area contributed by atoms with Crippen LogP contribution in [0.4, 0.5) is 0 Å². The highest BCUT2D eigenvalue weighted by atomic mass is 79.9. The van der Waals surface area contributed by atoms with E-state index in [9.17, 15) is 8.42 Å². The summed E-state index contributed by atoms with van der Waals surface area (Å²) in [5.41, 5.74) is 0. The molecule has 0 N–H and O–H groups in total. The fraction of sp³-hybridized carbons (Fsp3) is 1.00. The van der Waals surface area contributed by atoms with Gasteiger partial charge in [0.1, 0.15) is 0 Å². The summed E-state index contributed by atoms with van der Waals surface area (Å²) in [5, 5.41) is 0.971. The van der Waals surface area contributed by atoms with E-state index in [1.165, 1.54) is 7.11 Å². The second-order valence-corrected chi connectivity index (χ2v) is 6.54. The van der Waals surface area contributed by atoms with Crippen LogP contribution in [-0.2, 0) is 14.8 Å². The Morgan fingerprint density at radius 1 is 1.40 bits per heavy atom. The van der Waals surface area contributed by atoms with E-state index < -0.39 is 10.0 Å². The second kappa shape index (κ2) is 6.18. The molecule has 0 saturated carbocycles. The third kappa shape index (κ3) is 4.01. The smallest absolute Gasteiger partial charge is 0.216 e. The minimum absolute atomic E-state index is 0.0997. The average molecular weight is 300 g/mol. The van der Waals surface area contributed by atoms with Crippen LogP contribution in [0.3, 0.4) is 0 Å². The number of hydrogen-bond donors (Lipinski definition) is 0. The van der Waals surface area contributed by atoms with Crippen molar-refractivity contribution in [2.75, 3.05) is 37.9 Å². The summed E-state index contributed by atoms with van der Waals surface area (Å²) in [4.78, 5) is 0. The molecular formula is C9H18BrNO3S. The molecule has 0 radical (unpaired) electrons. The molecule has 0 atom stereocenters. The lowest BCUT2D eigenvalue weighted by atomic mass is 10.0. The Hall–Kier alpha value is 0.350. The molecular weight excluding hydrogens is 282 g/mol. The van der Waals surface area contributed by atoms with Crippen LogP contribution in [0.5, 0.6) is 0 Å². The third-order valence-electron chi connectivity index (χ3n) is 2.73. The first-order chi connectivity index (χ1) is 7.10. The van der Waals surface area contributed by atoms with Gasteiger partial charge in [-0.05, 0) is 18.8 Å². The van der Waals surface area contributed by atoms with Crippen molar-refractivity contribution in [1.29, 1.82) is 0 Å². The maximum absolute atomic E-state index is 11.8. The highest BCUT2D eigenvalue weighted by Crippen LogP contribution is 2.21. The van der Waals surface area contributed by atoms with Gasteiger partial charge < -0.3 is 4.74 Å². The monoisotopic (exact) mass is 299 g/mol. The predicted octanol–water partition coefficient (Wildman–Crippen LogP) is 1.07. The van der Waals surface area contributed by atoms with Gasteiger partial charge in [-0.2, -0.15) is 0 Å². The molecule has 0 bridgehead atoms. The largest absolute Gasteiger partial charge is 0.384 e. The first kappa shape index (κ1) is 13.4. The zero-order chi connectivity index (χ0) is 11.3. The molecule has 0 spiro atoms. The van der Waals surface area contributed by atoms with Crippen molar-refractivity contribution in [2.45, 2.75) is 12.8 Å². The molecule has 90 valence electrons. The van der Waals surface area contributed by atoms with Crippen LogP contribution in [0.1, 0.15) is 12.8 Å². The van der Waals surface area contributed by atoms with Crippen molar-refractivity contribution in [3.05, 3.63) is 0 Å². The number of halogens is 1. The van der Waals surface area contributed by atoms with Crippen LogP contribution in [-0.4, -0.2) is 50.6 Å². The maximum atomic E-state index is 11.8. The molecule has 1 rings (SSSR count). The van der Waals surface area contributed by atoms with E-state index in [1.807, 2.05) is 0 Å². The standard InChI is InChI=1S/C9H18BrNO3S/c1-14-6-7-15(12,13)11-4-2-9(8-10)3-5-11/h9H,2-8H2,1H3. The van der Waals surface area contributed by atoms with Crippen LogP contribution in [0.15, 0.2) is 0 Å². The molecule has 1 saturated heterocycles. The SMILES string of the molecule is COCCS(=O)(=O)N1CCC(CBr)CC1. The van der Waals surface area contributed by atoms with Crippen LogP contribution in [0, 0.1) is 5.92 Å². The second-order valence-electron chi connectivity index (χ2n) is 3.81. The van der Waals surface area contributed by atoms with Gasteiger partial charge in [-0.3, -0.25) is 0 Å². The highest BCUT2D eigenvalue weighted by Gasteiger charge is 2.26. The molecule has 0 aliphatic carbocycles. The molecule has 1 fully saturated rings. The van der Waals surface area contributed by atoms with Gasteiger partial charge in [-0.15, -0.1) is 0 Å². The predicted molar refractivity (Wildman–Crippen MR) is 63.8 cm³/mol. The van der Waals surface area contributed by atoms with E-state index in [-0.39, 0.29) is 12.4 Å². The lowest BCUT2D eigenvalue weighted by Crippen LogP contribution is -2.40. The molecule has 15 heavy (non-hydrogen) atoms. The Bertz CT molecular complexity index is 273. The van der Waals surface area contributed by atoms with Gasteiger partial charge in [-0.25, -0.2) is 12.7 Å². The molecule has 0 unspecified atom stereocenters. The zero-order valence-electron chi connectivity index (χ0n) is 8.99. The highest BCUT2D eigenvalue weighted by molar-refractivity contribution is 9.09. The van der Waals surface area contributed by atoms with E-state index in [0.717, 1.165) is 18.2 Å². The zero-order valence-corrected chi connectivity index (χ0v) is 11.4. The summed E-state index contributed by atoms with van der Waals surface area (Å²) < 4.78 is 29.9. The molecule has 0 aromatic carbocycles. The van der Waals surface area contributed by atoms with Crippen molar-refractivity contribution in [1.82, 2.24) is 4.31 Å². The van der Waals surface area contributed by atoms with E-state index in [1.54, 1.807) is 4.31 Å². The van der Waals surface area contributed by atoms with Crippen molar-refractivity contribution in [3.63, 3.8) is 0 Å². The molecule has 0 aromatic heterocycles. The number of sulfonamides is 1. The quantitative estimate of drug-likeness (QED) is 0.714. The summed E-state index contributed by atoms with van der Waals surface area (Å²) in [6.45, 7) is 1.59. The van der Waals surface area contributed by atoms with Gasteiger partial charge in [0.25, 0.3) is 0 Å². The normalized spacial score (nSPS) is 20.7. The first-order valence-electron chi connectivity index (χ1n) is 5.13. The van der Waals surface area contributed by atoms with Crippen molar-refractivity contribution >= 4 is 26.0 Å². The van der Waals surface area contributed by atoms with Gasteiger partial charge in [0.15, 0.2) is 0 Å². The van der Waals surface area contributed by atoms with Crippen LogP contribution in [0.25, 0.3) is 0 Å². The van der Waals surface area contributed by atoms with Gasteiger partial charge in [-0.1, -0.05) is 15.9 Å². The van der Waals surface area contributed by atoms with Gasteiger partial charge >= 0.3 is 0 Å². The Morgan fingerprint density at radius 2 is 2.00 bits per heavy atom. The lowest BCUT2D eigenvalue weighted by molar-refractivity contribution is 0.213. The Kier molecular flexibility index (Phi) is 5.52. The van der Waals surface area contributed by atoms with Crippen molar-refractivity contribution < 1.29 is 13.2 Å². The lowest BCUT2D eigenvalue weighted by Gasteiger charge is -2.30. The number of alkyl halides is 1. The third-order valence-corrected chi connectivity index (χ3v) is 5.48. The van der Waals surface area contributed by atoms with E-state index in [2.05, 4.69) is 15.9 Å². The molecule has 1 aliphatic heterocycles. The summed E-state index contributed by atoms with van der Waals surface area (Å²) >= 11 is 3.44. The number of rotatable bonds is 5. The maximum Gasteiger partial charge on any atom is 0.216 e. The Labute approximate surface area is 100 Å². The molecule has 0 aromatic rings. The van der Waals surface area contributed by atoms with Crippen LogP contribution >= 0.6 is 15.9 Å². The summed E-state index contributed by atoms with van der Waals surface area (Å²) in [7, 11) is -1.56. The van der Waals surface area contributed by atoms with Gasteiger partial charge in [0, 0.05) is 25.5 Å². The van der Waals surface area contributed by atoms with Gasteiger partial charge in [0.05, 0.1) is 12.4 Å². The number of ether oxygens (including phenoxy) is 1. The summed E-state index contributed by atoms with van der Waals surface area (Å²) in [5.74, 6) is 0.724. The summed E-state index contributed by atoms with van der Waals surface area (Å²) in [6, 6.07) is 0. The average Bonchev–Trinajstić information content (AvgIpc) is 2.26. The fourth-order valence-electron chi connectivity index (χ4n) is 1.66. The Balaban J connectivity index is 2.45. The van der Waals surface area contributed by atoms with Gasteiger partial charge in [0.2, 0.25) is 10.0 Å². The molecule has 0 amide bonds. The number of nitrogens with zero attached hydrogens (tertiary/aromatic N) is 1. The molecule has 6 heteroatoms. The van der Waals surface area contributed by atoms with E-state index >= 15 is 0 Å². The number of piperidine rings is 1. The molecule has 1 aliphatic rings. The minimum Gasteiger partial charge on any atom is -0.384 e. The molecule has 4 nitrogen and oxygen atoms in total. The number of methoxy groups -OCH3 is 1. The van der Waals surface area contributed by atoms with Crippen LogP contribution < -0.4 is 0 Å². The van der Waals surface area contributed by atoms with E-state index in [0.29, 0.717) is 19.0 Å². The minimum atomic E-state index is -3.08. The van der Waals surface area contributed by atoms with Crippen LogP contribution in [0.2, 0.25) is 0 Å². The van der Waals surface area contributed by atoms with Crippen molar-refractivity contribution in [2.24, 2.45) is 5.92 Å². The molecule has 1 heterocycles.